The number of nitrogens with zero attached hydrogens (tertiary/aromatic N) is 1. The number of hydrogen-bond acceptors (Lipinski definition) is 2. The molecule has 24 heavy (non-hydrogen) atoms. The molecular formula is C19H19ClN2O2. The first kappa shape index (κ1) is 16.5. The summed E-state index contributed by atoms with van der Waals surface area (Å²) in [5.74, 6) is -0.568. The minimum atomic E-state index is -0.376. The molecule has 2 amide bonds. The third-order valence-electron chi connectivity index (χ3n) is 4.29. The van der Waals surface area contributed by atoms with Crippen molar-refractivity contribution in [3.05, 3.63) is 59.1 Å². The van der Waals surface area contributed by atoms with E-state index in [9.17, 15) is 9.59 Å². The van der Waals surface area contributed by atoms with E-state index >= 15 is 0 Å². The average molecular weight is 343 g/mol. The van der Waals surface area contributed by atoms with Gasteiger partial charge in [-0.15, -0.1) is 0 Å². The Morgan fingerprint density at radius 2 is 1.92 bits per heavy atom. The van der Waals surface area contributed by atoms with Crippen LogP contribution in [0, 0.1) is 5.92 Å². The summed E-state index contributed by atoms with van der Waals surface area (Å²) >= 11 is 6.08. The molecule has 3 rings (SSSR count). The molecule has 124 valence electrons. The van der Waals surface area contributed by atoms with E-state index in [1.807, 2.05) is 30.3 Å². The van der Waals surface area contributed by atoms with Crippen molar-refractivity contribution in [1.29, 1.82) is 0 Å². The Morgan fingerprint density at radius 1 is 1.21 bits per heavy atom. The molecule has 0 aliphatic carbocycles. The highest BCUT2D eigenvalue weighted by Crippen LogP contribution is 2.29. The van der Waals surface area contributed by atoms with Crippen molar-refractivity contribution in [2.24, 2.45) is 5.92 Å². The zero-order chi connectivity index (χ0) is 17.1. The number of benzene rings is 2. The first-order chi connectivity index (χ1) is 11.6. The van der Waals surface area contributed by atoms with Gasteiger partial charge < -0.3 is 10.2 Å². The number of carbonyl (C=O) groups is 2. The van der Waals surface area contributed by atoms with E-state index in [2.05, 4.69) is 12.2 Å². The fourth-order valence-corrected chi connectivity index (χ4v) is 3.17. The van der Waals surface area contributed by atoms with Crippen LogP contribution >= 0.6 is 11.6 Å². The van der Waals surface area contributed by atoms with Gasteiger partial charge in [-0.25, -0.2) is 0 Å². The van der Waals surface area contributed by atoms with E-state index in [0.29, 0.717) is 17.3 Å². The number of halogens is 1. The zero-order valence-electron chi connectivity index (χ0n) is 13.5. The second-order valence-electron chi connectivity index (χ2n) is 5.86. The second kappa shape index (κ2) is 7.05. The Bertz CT molecular complexity index is 775. The third kappa shape index (κ3) is 3.29. The molecule has 0 saturated carbocycles. The molecule has 0 spiro atoms. The fourth-order valence-electron chi connectivity index (χ4n) is 2.99. The maximum atomic E-state index is 12.5. The van der Waals surface area contributed by atoms with Gasteiger partial charge in [0, 0.05) is 18.7 Å². The Hall–Kier alpha value is -2.33. The van der Waals surface area contributed by atoms with Gasteiger partial charge in [0.2, 0.25) is 11.8 Å². The van der Waals surface area contributed by atoms with Crippen LogP contribution in [0.25, 0.3) is 0 Å². The van der Waals surface area contributed by atoms with E-state index in [-0.39, 0.29) is 24.2 Å². The monoisotopic (exact) mass is 342 g/mol. The smallest absolute Gasteiger partial charge is 0.229 e. The highest BCUT2D eigenvalue weighted by molar-refractivity contribution is 6.33. The lowest BCUT2D eigenvalue weighted by Crippen LogP contribution is -2.28. The molecule has 2 aromatic carbocycles. The van der Waals surface area contributed by atoms with Crippen molar-refractivity contribution >= 4 is 34.8 Å². The molecule has 4 nitrogen and oxygen atoms in total. The zero-order valence-corrected chi connectivity index (χ0v) is 14.2. The molecular weight excluding hydrogens is 324 g/mol. The molecule has 0 aromatic heterocycles. The molecule has 0 radical (unpaired) electrons. The van der Waals surface area contributed by atoms with Crippen molar-refractivity contribution in [3.8, 4) is 0 Å². The Morgan fingerprint density at radius 3 is 2.67 bits per heavy atom. The minimum Gasteiger partial charge on any atom is -0.324 e. The van der Waals surface area contributed by atoms with E-state index < -0.39 is 0 Å². The van der Waals surface area contributed by atoms with Crippen LogP contribution in [0.2, 0.25) is 5.02 Å². The molecule has 1 atom stereocenters. The van der Waals surface area contributed by atoms with Gasteiger partial charge in [-0.3, -0.25) is 9.59 Å². The van der Waals surface area contributed by atoms with Gasteiger partial charge in [-0.2, -0.15) is 0 Å². The molecule has 1 N–H and O–H groups in total. The Kier molecular flexibility index (Phi) is 4.86. The maximum absolute atomic E-state index is 12.5. The summed E-state index contributed by atoms with van der Waals surface area (Å²) in [6, 6.07) is 14.9. The number of rotatable bonds is 4. The summed E-state index contributed by atoms with van der Waals surface area (Å²) in [5.41, 5.74) is 2.58. The standard InChI is InChI=1S/C19H19ClN2O2/c1-2-13-7-3-6-10-17(13)22-12-14(11-18(22)23)19(24)21-16-9-5-4-8-15(16)20/h3-10,14H,2,11-12H2,1H3,(H,21,24)/t14-/m1/s1. The lowest BCUT2D eigenvalue weighted by molar-refractivity contribution is -0.122. The predicted octanol–water partition coefficient (Wildman–Crippen LogP) is 3.89. The highest BCUT2D eigenvalue weighted by atomic mass is 35.5. The molecule has 1 saturated heterocycles. The van der Waals surface area contributed by atoms with Crippen LogP contribution in [0.15, 0.2) is 48.5 Å². The van der Waals surface area contributed by atoms with Crippen LogP contribution in [0.5, 0.6) is 0 Å². The number of anilines is 2. The third-order valence-corrected chi connectivity index (χ3v) is 4.62. The van der Waals surface area contributed by atoms with Gasteiger partial charge >= 0.3 is 0 Å². The summed E-state index contributed by atoms with van der Waals surface area (Å²) in [6.45, 7) is 2.45. The maximum Gasteiger partial charge on any atom is 0.229 e. The summed E-state index contributed by atoms with van der Waals surface area (Å²) in [5, 5.41) is 3.31. The van der Waals surface area contributed by atoms with Crippen molar-refractivity contribution in [2.45, 2.75) is 19.8 Å². The summed E-state index contributed by atoms with van der Waals surface area (Å²) < 4.78 is 0. The van der Waals surface area contributed by atoms with Crippen LogP contribution in [0.4, 0.5) is 11.4 Å². The largest absolute Gasteiger partial charge is 0.324 e. The Labute approximate surface area is 146 Å². The minimum absolute atomic E-state index is 0.0183. The molecule has 0 unspecified atom stereocenters. The SMILES string of the molecule is CCc1ccccc1N1C[C@H](C(=O)Nc2ccccc2Cl)CC1=O. The van der Waals surface area contributed by atoms with Gasteiger partial charge in [0.25, 0.3) is 0 Å². The molecule has 1 aliphatic rings. The van der Waals surface area contributed by atoms with Gasteiger partial charge in [0.05, 0.1) is 16.6 Å². The van der Waals surface area contributed by atoms with Crippen molar-refractivity contribution in [1.82, 2.24) is 0 Å². The van der Waals surface area contributed by atoms with E-state index in [1.165, 1.54) is 0 Å². The van der Waals surface area contributed by atoms with Crippen LogP contribution in [0.3, 0.4) is 0 Å². The molecule has 2 aromatic rings. The van der Waals surface area contributed by atoms with E-state index in [0.717, 1.165) is 17.7 Å². The summed E-state index contributed by atoms with van der Waals surface area (Å²) in [6.07, 6.45) is 1.06. The molecule has 0 bridgehead atoms. The molecule has 5 heteroatoms. The van der Waals surface area contributed by atoms with Crippen LogP contribution in [-0.2, 0) is 16.0 Å². The van der Waals surface area contributed by atoms with Crippen LogP contribution in [-0.4, -0.2) is 18.4 Å². The topological polar surface area (TPSA) is 49.4 Å². The lowest BCUT2D eigenvalue weighted by Gasteiger charge is -2.20. The second-order valence-corrected chi connectivity index (χ2v) is 6.26. The number of aryl methyl sites for hydroxylation is 1. The van der Waals surface area contributed by atoms with Crippen LogP contribution < -0.4 is 10.2 Å². The summed E-state index contributed by atoms with van der Waals surface area (Å²) in [7, 11) is 0. The van der Waals surface area contributed by atoms with Crippen molar-refractivity contribution in [3.63, 3.8) is 0 Å². The van der Waals surface area contributed by atoms with E-state index in [1.54, 1.807) is 23.1 Å². The molecule has 1 aliphatic heterocycles. The van der Waals surface area contributed by atoms with Crippen molar-refractivity contribution < 1.29 is 9.59 Å². The summed E-state index contributed by atoms with van der Waals surface area (Å²) in [4.78, 5) is 26.6. The van der Waals surface area contributed by atoms with Crippen molar-refractivity contribution in [2.75, 3.05) is 16.8 Å². The fraction of sp³-hybridized carbons (Fsp3) is 0.263. The normalized spacial score (nSPS) is 17.2. The van der Waals surface area contributed by atoms with Gasteiger partial charge in [-0.05, 0) is 30.2 Å². The average Bonchev–Trinajstić information content (AvgIpc) is 2.98. The number of para-hydroxylation sites is 2. The molecule has 1 heterocycles. The number of nitrogens with one attached hydrogen (secondary N) is 1. The van der Waals surface area contributed by atoms with Gasteiger partial charge in [-0.1, -0.05) is 48.9 Å². The number of hydrogen-bond donors (Lipinski definition) is 1. The quantitative estimate of drug-likeness (QED) is 0.916. The Balaban J connectivity index is 1.75. The highest BCUT2D eigenvalue weighted by Gasteiger charge is 2.35. The van der Waals surface area contributed by atoms with Gasteiger partial charge in [0.15, 0.2) is 0 Å². The first-order valence-corrected chi connectivity index (χ1v) is 8.41. The number of carbonyl (C=O) groups excluding carboxylic acids is 2. The van der Waals surface area contributed by atoms with Crippen LogP contribution in [0.1, 0.15) is 18.9 Å². The lowest BCUT2D eigenvalue weighted by atomic mass is 10.1. The predicted molar refractivity (Wildman–Crippen MR) is 96.4 cm³/mol. The van der Waals surface area contributed by atoms with Gasteiger partial charge in [0.1, 0.15) is 0 Å². The number of amides is 2. The first-order valence-electron chi connectivity index (χ1n) is 8.03. The molecule has 1 fully saturated rings. The van der Waals surface area contributed by atoms with E-state index in [4.69, 9.17) is 11.6 Å².